The van der Waals surface area contributed by atoms with Crippen molar-refractivity contribution in [3.05, 3.63) is 69.7 Å². The lowest BCUT2D eigenvalue weighted by Crippen LogP contribution is -2.51. The van der Waals surface area contributed by atoms with E-state index in [1.54, 1.807) is 24.3 Å². The Kier molecular flexibility index (Phi) is 8.50. The first kappa shape index (κ1) is 23.2. The molecular weight excluding hydrogens is 409 g/mol. The molecular formula is C22H27Cl2N3O2. The minimum absolute atomic E-state index is 0.0975. The first-order valence-corrected chi connectivity index (χ1v) is 10.2. The summed E-state index contributed by atoms with van der Waals surface area (Å²) in [5.74, 6) is -0.724. The van der Waals surface area contributed by atoms with Crippen molar-refractivity contribution in [3.63, 3.8) is 0 Å². The van der Waals surface area contributed by atoms with E-state index in [-0.39, 0.29) is 23.8 Å². The van der Waals surface area contributed by atoms with Crippen molar-refractivity contribution >= 4 is 35.0 Å². The van der Waals surface area contributed by atoms with Crippen LogP contribution < -0.4 is 10.6 Å². The molecule has 0 aliphatic heterocycles. The van der Waals surface area contributed by atoms with Crippen LogP contribution in [0, 0.1) is 5.92 Å². The summed E-state index contributed by atoms with van der Waals surface area (Å²) >= 11 is 12.4. The number of carbonyl (C=O) groups is 2. The summed E-state index contributed by atoms with van der Waals surface area (Å²) in [7, 11) is 3.86. The van der Waals surface area contributed by atoms with Gasteiger partial charge in [-0.2, -0.15) is 0 Å². The van der Waals surface area contributed by atoms with Gasteiger partial charge in [-0.25, -0.2) is 0 Å². The molecule has 0 saturated heterocycles. The van der Waals surface area contributed by atoms with Gasteiger partial charge in [0.15, 0.2) is 0 Å². The van der Waals surface area contributed by atoms with Gasteiger partial charge in [-0.05, 0) is 43.8 Å². The largest absolute Gasteiger partial charge is 0.352 e. The van der Waals surface area contributed by atoms with Gasteiger partial charge in [0.05, 0.1) is 16.6 Å². The number of benzene rings is 2. The van der Waals surface area contributed by atoms with Crippen molar-refractivity contribution in [2.45, 2.75) is 25.9 Å². The second-order valence-electron chi connectivity index (χ2n) is 7.42. The van der Waals surface area contributed by atoms with E-state index in [1.165, 1.54) is 0 Å². The Morgan fingerprint density at radius 3 is 2.10 bits per heavy atom. The molecule has 5 nitrogen and oxygen atoms in total. The van der Waals surface area contributed by atoms with Crippen molar-refractivity contribution in [3.8, 4) is 0 Å². The van der Waals surface area contributed by atoms with E-state index in [9.17, 15) is 9.59 Å². The van der Waals surface area contributed by atoms with Crippen molar-refractivity contribution < 1.29 is 9.59 Å². The maximum atomic E-state index is 12.9. The van der Waals surface area contributed by atoms with Gasteiger partial charge in [-0.15, -0.1) is 0 Å². The van der Waals surface area contributed by atoms with Gasteiger partial charge < -0.3 is 15.5 Å². The van der Waals surface area contributed by atoms with Crippen LogP contribution in [0.2, 0.25) is 10.0 Å². The molecule has 0 aliphatic carbocycles. The minimum Gasteiger partial charge on any atom is -0.352 e. The zero-order chi connectivity index (χ0) is 21.6. The lowest BCUT2D eigenvalue weighted by Gasteiger charge is -2.28. The SMILES string of the molecule is CC(C)[C@@H](NC(=O)c1ccccc1Cl)C(=O)NC[C@@H](c1ccccc1Cl)N(C)C. The second-order valence-corrected chi connectivity index (χ2v) is 8.24. The van der Waals surface area contributed by atoms with Gasteiger partial charge >= 0.3 is 0 Å². The molecule has 0 saturated carbocycles. The molecule has 0 heterocycles. The fourth-order valence-electron chi connectivity index (χ4n) is 3.02. The molecule has 156 valence electrons. The normalized spacial score (nSPS) is 13.2. The van der Waals surface area contributed by atoms with Gasteiger partial charge in [0.1, 0.15) is 6.04 Å². The van der Waals surface area contributed by atoms with Gasteiger partial charge in [-0.3, -0.25) is 9.59 Å². The fraction of sp³-hybridized carbons (Fsp3) is 0.364. The van der Waals surface area contributed by atoms with E-state index in [2.05, 4.69) is 10.6 Å². The van der Waals surface area contributed by atoms with E-state index in [0.29, 0.717) is 22.2 Å². The van der Waals surface area contributed by atoms with E-state index in [0.717, 1.165) is 5.56 Å². The quantitative estimate of drug-likeness (QED) is 0.653. The van der Waals surface area contributed by atoms with Gasteiger partial charge in [0.2, 0.25) is 5.91 Å². The number of halogens is 2. The molecule has 0 fully saturated rings. The molecule has 0 aliphatic rings. The summed E-state index contributed by atoms with van der Waals surface area (Å²) in [6.45, 7) is 4.13. The predicted molar refractivity (Wildman–Crippen MR) is 118 cm³/mol. The van der Waals surface area contributed by atoms with Gasteiger partial charge in [0, 0.05) is 11.6 Å². The molecule has 2 rings (SSSR count). The number of hydrogen-bond donors (Lipinski definition) is 2. The highest BCUT2D eigenvalue weighted by Crippen LogP contribution is 2.25. The maximum Gasteiger partial charge on any atom is 0.253 e. The molecule has 7 heteroatoms. The summed E-state index contributed by atoms with van der Waals surface area (Å²) in [5, 5.41) is 6.75. The summed E-state index contributed by atoms with van der Waals surface area (Å²) in [5.41, 5.74) is 1.27. The topological polar surface area (TPSA) is 61.4 Å². The number of likely N-dealkylation sites (N-methyl/N-ethyl adjacent to an activating group) is 1. The molecule has 2 amide bonds. The Morgan fingerprint density at radius 1 is 0.966 bits per heavy atom. The third-order valence-corrected chi connectivity index (χ3v) is 5.39. The average Bonchev–Trinajstić information content (AvgIpc) is 2.67. The Bertz CT molecular complexity index is 855. The minimum atomic E-state index is -0.687. The summed E-state index contributed by atoms with van der Waals surface area (Å²) < 4.78 is 0. The first-order valence-electron chi connectivity index (χ1n) is 9.46. The van der Waals surface area contributed by atoms with Crippen molar-refractivity contribution in [2.75, 3.05) is 20.6 Å². The van der Waals surface area contributed by atoms with Crippen LogP contribution in [0.15, 0.2) is 48.5 Å². The lowest BCUT2D eigenvalue weighted by molar-refractivity contribution is -0.124. The summed E-state index contributed by atoms with van der Waals surface area (Å²) in [6.07, 6.45) is 0. The van der Waals surface area contributed by atoms with Crippen LogP contribution in [0.3, 0.4) is 0 Å². The number of carbonyl (C=O) groups excluding carboxylic acids is 2. The Balaban J connectivity index is 2.10. The molecule has 0 radical (unpaired) electrons. The Morgan fingerprint density at radius 2 is 1.55 bits per heavy atom. The van der Waals surface area contributed by atoms with Gasteiger partial charge in [0.25, 0.3) is 5.91 Å². The molecule has 2 aromatic rings. The van der Waals surface area contributed by atoms with E-state index < -0.39 is 6.04 Å². The van der Waals surface area contributed by atoms with Crippen LogP contribution >= 0.6 is 23.2 Å². The number of nitrogens with one attached hydrogen (secondary N) is 2. The highest BCUT2D eigenvalue weighted by molar-refractivity contribution is 6.33. The summed E-state index contributed by atoms with van der Waals surface area (Å²) in [4.78, 5) is 27.5. The first-order chi connectivity index (χ1) is 13.7. The molecule has 2 N–H and O–H groups in total. The van der Waals surface area contributed by atoms with Crippen LogP contribution in [0.1, 0.15) is 35.8 Å². The number of nitrogens with zero attached hydrogens (tertiary/aromatic N) is 1. The third kappa shape index (κ3) is 6.20. The van der Waals surface area contributed by atoms with E-state index in [1.807, 2.05) is 57.1 Å². The van der Waals surface area contributed by atoms with Crippen molar-refractivity contribution in [1.29, 1.82) is 0 Å². The van der Waals surface area contributed by atoms with Crippen molar-refractivity contribution in [2.24, 2.45) is 5.92 Å². The maximum absolute atomic E-state index is 12.9. The van der Waals surface area contributed by atoms with E-state index in [4.69, 9.17) is 23.2 Å². The molecule has 29 heavy (non-hydrogen) atoms. The summed E-state index contributed by atoms with van der Waals surface area (Å²) in [6, 6.07) is 13.5. The van der Waals surface area contributed by atoms with Crippen LogP contribution in [0.25, 0.3) is 0 Å². The Labute approximate surface area is 182 Å². The van der Waals surface area contributed by atoms with Crippen molar-refractivity contribution in [1.82, 2.24) is 15.5 Å². The van der Waals surface area contributed by atoms with Gasteiger partial charge in [-0.1, -0.05) is 67.4 Å². The molecule has 0 unspecified atom stereocenters. The lowest BCUT2D eigenvalue weighted by atomic mass is 10.0. The molecule has 0 bridgehead atoms. The molecule has 2 aromatic carbocycles. The smallest absolute Gasteiger partial charge is 0.253 e. The average molecular weight is 436 g/mol. The predicted octanol–water partition coefficient (Wildman–Crippen LogP) is 4.17. The number of amides is 2. The van der Waals surface area contributed by atoms with Crippen LogP contribution in [0.4, 0.5) is 0 Å². The molecule has 0 aromatic heterocycles. The van der Waals surface area contributed by atoms with Crippen LogP contribution in [-0.4, -0.2) is 43.4 Å². The second kappa shape index (κ2) is 10.6. The zero-order valence-electron chi connectivity index (χ0n) is 17.1. The highest BCUT2D eigenvalue weighted by atomic mass is 35.5. The monoisotopic (exact) mass is 435 g/mol. The van der Waals surface area contributed by atoms with E-state index >= 15 is 0 Å². The highest BCUT2D eigenvalue weighted by Gasteiger charge is 2.26. The number of hydrogen-bond acceptors (Lipinski definition) is 3. The molecule has 0 spiro atoms. The van der Waals surface area contributed by atoms with Crippen LogP contribution in [-0.2, 0) is 4.79 Å². The third-order valence-electron chi connectivity index (χ3n) is 4.71. The fourth-order valence-corrected chi connectivity index (χ4v) is 3.51. The Hall–Kier alpha value is -2.08. The standard InChI is InChI=1S/C22H27Cl2N3O2/c1-14(2)20(26-21(28)16-10-6-8-12-18(16)24)22(29)25-13-19(27(3)4)15-9-5-7-11-17(15)23/h5-12,14,19-20H,13H2,1-4H3,(H,25,29)(H,26,28)/t19-,20+/m0/s1. The van der Waals surface area contributed by atoms with Crippen LogP contribution in [0.5, 0.6) is 0 Å². The molecule has 2 atom stereocenters. The number of rotatable bonds is 8. The zero-order valence-corrected chi connectivity index (χ0v) is 18.6.